The zero-order valence-electron chi connectivity index (χ0n) is 11.5. The lowest BCUT2D eigenvalue weighted by atomic mass is 9.97. The van der Waals surface area contributed by atoms with E-state index in [2.05, 4.69) is 18.9 Å². The van der Waals surface area contributed by atoms with Crippen LogP contribution in [0.5, 0.6) is 0 Å². The smallest absolute Gasteiger partial charge is 0.279 e. The lowest BCUT2D eigenvalue weighted by molar-refractivity contribution is 0.561. The highest BCUT2D eigenvalue weighted by Crippen LogP contribution is 2.22. The van der Waals surface area contributed by atoms with Crippen molar-refractivity contribution in [1.82, 2.24) is 19.2 Å². The second-order valence-electron chi connectivity index (χ2n) is 5.21. The summed E-state index contributed by atoms with van der Waals surface area (Å²) in [6.07, 6.45) is 5.94. The van der Waals surface area contributed by atoms with Crippen LogP contribution in [0.15, 0.2) is 9.95 Å². The van der Waals surface area contributed by atoms with E-state index in [9.17, 15) is 4.79 Å². The highest BCUT2D eigenvalue weighted by Gasteiger charge is 2.21. The van der Waals surface area contributed by atoms with E-state index in [1.54, 1.807) is 11.8 Å². The molecule has 0 saturated heterocycles. The molecule has 19 heavy (non-hydrogen) atoms. The van der Waals surface area contributed by atoms with Crippen molar-refractivity contribution >= 4 is 17.5 Å². The van der Waals surface area contributed by atoms with Crippen molar-refractivity contribution in [3.8, 4) is 0 Å². The van der Waals surface area contributed by atoms with E-state index in [1.165, 1.54) is 4.52 Å². The van der Waals surface area contributed by atoms with Crippen LogP contribution < -0.4 is 5.56 Å². The summed E-state index contributed by atoms with van der Waals surface area (Å²) >= 11 is 1.55. The summed E-state index contributed by atoms with van der Waals surface area (Å²) in [5.41, 5.74) is 1.87. The maximum Gasteiger partial charge on any atom is 0.279 e. The van der Waals surface area contributed by atoms with Gasteiger partial charge in [-0.25, -0.2) is 4.98 Å². The van der Waals surface area contributed by atoms with Crippen LogP contribution in [0.2, 0.25) is 0 Å². The predicted octanol–water partition coefficient (Wildman–Crippen LogP) is 2.07. The van der Waals surface area contributed by atoms with Crippen molar-refractivity contribution in [2.24, 2.45) is 0 Å². The molecule has 0 saturated carbocycles. The average Bonchev–Trinajstić information content (AvgIpc) is 2.78. The van der Waals surface area contributed by atoms with Gasteiger partial charge in [-0.1, -0.05) is 11.8 Å². The molecule has 2 heterocycles. The summed E-state index contributed by atoms with van der Waals surface area (Å²) in [7, 11) is 0. The molecule has 0 fully saturated rings. The monoisotopic (exact) mass is 278 g/mol. The zero-order valence-corrected chi connectivity index (χ0v) is 12.3. The number of aryl methyl sites for hydroxylation is 1. The van der Waals surface area contributed by atoms with E-state index in [0.717, 1.165) is 42.1 Å². The molecular formula is C13H18N4OS. The minimum Gasteiger partial charge on any atom is -0.285 e. The summed E-state index contributed by atoms with van der Waals surface area (Å²) in [5, 5.41) is 5.28. The van der Waals surface area contributed by atoms with Crippen LogP contribution in [0.3, 0.4) is 0 Å². The van der Waals surface area contributed by atoms with Crippen molar-refractivity contribution in [2.45, 2.75) is 50.7 Å². The van der Waals surface area contributed by atoms with Crippen molar-refractivity contribution in [3.05, 3.63) is 21.6 Å². The Kier molecular flexibility index (Phi) is 3.12. The van der Waals surface area contributed by atoms with E-state index in [1.807, 2.05) is 10.8 Å². The molecule has 0 amide bonds. The van der Waals surface area contributed by atoms with Gasteiger partial charge in [-0.05, 0) is 45.8 Å². The Morgan fingerprint density at radius 2 is 2.00 bits per heavy atom. The molecule has 2 aromatic rings. The number of hydrogen-bond acceptors (Lipinski definition) is 4. The number of hydrogen-bond donors (Lipinski definition) is 0. The van der Waals surface area contributed by atoms with Gasteiger partial charge in [0, 0.05) is 11.6 Å². The van der Waals surface area contributed by atoms with Crippen molar-refractivity contribution < 1.29 is 0 Å². The van der Waals surface area contributed by atoms with Crippen LogP contribution in [0.1, 0.15) is 44.0 Å². The van der Waals surface area contributed by atoms with E-state index in [-0.39, 0.29) is 11.6 Å². The van der Waals surface area contributed by atoms with E-state index in [0.29, 0.717) is 5.78 Å². The van der Waals surface area contributed by atoms with Gasteiger partial charge in [0.1, 0.15) is 0 Å². The third-order valence-electron chi connectivity index (χ3n) is 3.62. The van der Waals surface area contributed by atoms with Crippen molar-refractivity contribution in [3.63, 3.8) is 0 Å². The van der Waals surface area contributed by atoms with Gasteiger partial charge in [-0.15, -0.1) is 5.10 Å². The highest BCUT2D eigenvalue weighted by molar-refractivity contribution is 7.98. The fourth-order valence-corrected chi connectivity index (χ4v) is 3.34. The van der Waals surface area contributed by atoms with E-state index >= 15 is 0 Å². The molecule has 0 aromatic carbocycles. The zero-order chi connectivity index (χ0) is 13.6. The average molecular weight is 278 g/mol. The van der Waals surface area contributed by atoms with Gasteiger partial charge in [-0.3, -0.25) is 9.36 Å². The standard InChI is InChI=1S/C13H18N4OS/c1-8(2)16-12-14-10-7-5-4-6-9(10)11(18)17(12)15-13(16)19-3/h8H,4-7H2,1-3H3. The Labute approximate surface area is 116 Å². The molecular weight excluding hydrogens is 260 g/mol. The maximum atomic E-state index is 12.5. The second-order valence-corrected chi connectivity index (χ2v) is 5.98. The molecule has 0 bridgehead atoms. The first-order valence-electron chi connectivity index (χ1n) is 6.70. The molecule has 0 radical (unpaired) electrons. The lowest BCUT2D eigenvalue weighted by Gasteiger charge is -2.14. The van der Waals surface area contributed by atoms with Crippen LogP contribution in [-0.4, -0.2) is 25.4 Å². The molecule has 0 spiro atoms. The highest BCUT2D eigenvalue weighted by atomic mass is 32.2. The normalized spacial score (nSPS) is 15.2. The first-order chi connectivity index (χ1) is 9.13. The third-order valence-corrected chi connectivity index (χ3v) is 4.26. The number of rotatable bonds is 2. The predicted molar refractivity (Wildman–Crippen MR) is 76.1 cm³/mol. The van der Waals surface area contributed by atoms with Crippen molar-refractivity contribution in [1.29, 1.82) is 0 Å². The number of thioether (sulfide) groups is 1. The Balaban J connectivity index is 2.37. The van der Waals surface area contributed by atoms with Crippen LogP contribution >= 0.6 is 11.8 Å². The van der Waals surface area contributed by atoms with Gasteiger partial charge in [-0.2, -0.15) is 4.52 Å². The molecule has 102 valence electrons. The van der Waals surface area contributed by atoms with Gasteiger partial charge in [0.25, 0.3) is 5.56 Å². The second kappa shape index (κ2) is 4.67. The summed E-state index contributed by atoms with van der Waals surface area (Å²) in [6, 6.07) is 0.244. The number of aromatic nitrogens is 4. The molecule has 5 nitrogen and oxygen atoms in total. The molecule has 1 aliphatic rings. The first-order valence-corrected chi connectivity index (χ1v) is 7.93. The van der Waals surface area contributed by atoms with Gasteiger partial charge in [0.15, 0.2) is 5.16 Å². The third kappa shape index (κ3) is 1.89. The lowest BCUT2D eigenvalue weighted by Crippen LogP contribution is -2.25. The Bertz CT molecular complexity index is 686. The van der Waals surface area contributed by atoms with Gasteiger partial charge >= 0.3 is 0 Å². The topological polar surface area (TPSA) is 52.2 Å². The first kappa shape index (κ1) is 12.7. The Hall–Kier alpha value is -1.30. The summed E-state index contributed by atoms with van der Waals surface area (Å²) in [4.78, 5) is 17.2. The van der Waals surface area contributed by atoms with Gasteiger partial charge < -0.3 is 0 Å². The van der Waals surface area contributed by atoms with Gasteiger partial charge in [0.2, 0.25) is 5.78 Å². The largest absolute Gasteiger partial charge is 0.285 e. The molecule has 2 aromatic heterocycles. The van der Waals surface area contributed by atoms with E-state index < -0.39 is 0 Å². The Morgan fingerprint density at radius 3 is 2.68 bits per heavy atom. The van der Waals surface area contributed by atoms with Crippen LogP contribution in [0, 0.1) is 0 Å². The number of fused-ring (bicyclic) bond motifs is 2. The summed E-state index contributed by atoms with van der Waals surface area (Å²) in [6.45, 7) is 4.18. The molecule has 6 heteroatoms. The molecule has 3 rings (SSSR count). The molecule has 0 unspecified atom stereocenters. The van der Waals surface area contributed by atoms with Gasteiger partial charge in [0.05, 0.1) is 5.69 Å². The minimum atomic E-state index is 0.0226. The van der Waals surface area contributed by atoms with E-state index in [4.69, 9.17) is 4.98 Å². The van der Waals surface area contributed by atoms with Crippen LogP contribution in [0.4, 0.5) is 0 Å². The summed E-state index contributed by atoms with van der Waals surface area (Å²) in [5.74, 6) is 0.685. The molecule has 0 N–H and O–H groups in total. The molecule has 0 atom stereocenters. The quantitative estimate of drug-likeness (QED) is 0.789. The number of nitrogens with zero attached hydrogens (tertiary/aromatic N) is 4. The van der Waals surface area contributed by atoms with Crippen LogP contribution in [0.25, 0.3) is 5.78 Å². The summed E-state index contributed by atoms with van der Waals surface area (Å²) < 4.78 is 3.52. The van der Waals surface area contributed by atoms with Crippen molar-refractivity contribution in [2.75, 3.05) is 6.26 Å². The fourth-order valence-electron chi connectivity index (χ4n) is 2.69. The minimum absolute atomic E-state index is 0.0226. The Morgan fingerprint density at radius 1 is 1.26 bits per heavy atom. The molecule has 0 aliphatic heterocycles. The van der Waals surface area contributed by atoms with Crippen LogP contribution in [-0.2, 0) is 12.8 Å². The maximum absolute atomic E-state index is 12.5. The SMILES string of the molecule is CSc1nn2c(=O)c3c(nc2n1C(C)C)CCCC3. The molecule has 1 aliphatic carbocycles. The fraction of sp³-hybridized carbons (Fsp3) is 0.615.